The van der Waals surface area contributed by atoms with Crippen molar-refractivity contribution >= 4 is 17.5 Å². The number of nitrogens with one attached hydrogen (secondary N) is 1. The Morgan fingerprint density at radius 1 is 1.35 bits per heavy atom. The van der Waals surface area contributed by atoms with Gasteiger partial charge in [-0.05, 0) is 39.5 Å². The first-order chi connectivity index (χ1) is 8.01. The van der Waals surface area contributed by atoms with E-state index in [1.165, 1.54) is 0 Å². The molecule has 0 aromatic carbocycles. The van der Waals surface area contributed by atoms with E-state index < -0.39 is 0 Å². The highest BCUT2D eigenvalue weighted by molar-refractivity contribution is 6.28. The topological polar surface area (TPSA) is 63.2 Å². The molecule has 1 N–H and O–H groups in total. The average Bonchev–Trinajstić information content (AvgIpc) is 2.14. The van der Waals surface area contributed by atoms with Gasteiger partial charge in [0.15, 0.2) is 0 Å². The second-order valence-corrected chi connectivity index (χ2v) is 4.27. The molecule has 6 nitrogen and oxygen atoms in total. The summed E-state index contributed by atoms with van der Waals surface area (Å²) in [4.78, 5) is 14.0. The summed E-state index contributed by atoms with van der Waals surface area (Å²) in [6.07, 6.45) is -0.0158. The zero-order valence-corrected chi connectivity index (χ0v) is 11.3. The van der Waals surface area contributed by atoms with Gasteiger partial charge < -0.3 is 15.0 Å². The normalized spacial score (nSPS) is 12.6. The van der Waals surface area contributed by atoms with Gasteiger partial charge in [-0.25, -0.2) is 0 Å². The maximum atomic E-state index is 5.78. The molecule has 0 bridgehead atoms. The molecular formula is C10H18ClN5O. The van der Waals surface area contributed by atoms with E-state index >= 15 is 0 Å². The molecule has 1 rings (SSSR count). The van der Waals surface area contributed by atoms with Crippen molar-refractivity contribution in [3.05, 3.63) is 5.28 Å². The lowest BCUT2D eigenvalue weighted by Gasteiger charge is -2.17. The van der Waals surface area contributed by atoms with E-state index in [2.05, 4.69) is 20.3 Å². The van der Waals surface area contributed by atoms with E-state index in [1.54, 1.807) is 0 Å². The number of likely N-dealkylation sites (N-methyl/N-ethyl adjacent to an activating group) is 1. The smallest absolute Gasteiger partial charge is 0.322 e. The van der Waals surface area contributed by atoms with Crippen molar-refractivity contribution in [1.29, 1.82) is 0 Å². The van der Waals surface area contributed by atoms with Gasteiger partial charge in [-0.2, -0.15) is 15.0 Å². The molecule has 0 aliphatic heterocycles. The largest absolute Gasteiger partial charge is 0.459 e. The standard InChI is InChI=1S/C10H18ClN5O/c1-5-12-9-13-8(11)14-10(15-9)17-7(2)6-16(3)4/h7H,5-6H2,1-4H3,(H,12,13,14,15). The average molecular weight is 260 g/mol. The van der Waals surface area contributed by atoms with Crippen LogP contribution in [0.3, 0.4) is 0 Å². The maximum Gasteiger partial charge on any atom is 0.322 e. The minimum absolute atomic E-state index is 0.0158. The second kappa shape index (κ2) is 6.56. The van der Waals surface area contributed by atoms with Crippen molar-refractivity contribution < 1.29 is 4.74 Å². The third-order valence-electron chi connectivity index (χ3n) is 1.85. The molecule has 1 aromatic heterocycles. The van der Waals surface area contributed by atoms with Crippen LogP contribution in [-0.4, -0.2) is 53.1 Å². The lowest BCUT2D eigenvalue weighted by molar-refractivity contribution is 0.163. The summed E-state index contributed by atoms with van der Waals surface area (Å²) in [5.74, 6) is 0.430. The molecule has 0 saturated carbocycles. The number of anilines is 1. The minimum Gasteiger partial charge on any atom is -0.459 e. The Kier molecular flexibility index (Phi) is 5.37. The van der Waals surface area contributed by atoms with Crippen molar-refractivity contribution in [2.45, 2.75) is 20.0 Å². The van der Waals surface area contributed by atoms with Gasteiger partial charge in [0.2, 0.25) is 11.2 Å². The van der Waals surface area contributed by atoms with E-state index in [1.807, 2.05) is 32.8 Å². The Morgan fingerprint density at radius 3 is 2.65 bits per heavy atom. The highest BCUT2D eigenvalue weighted by Crippen LogP contribution is 2.12. The molecule has 7 heteroatoms. The van der Waals surface area contributed by atoms with Gasteiger partial charge in [0, 0.05) is 13.1 Å². The Hall–Kier alpha value is -1.14. The first kappa shape index (κ1) is 13.9. The fraction of sp³-hybridized carbons (Fsp3) is 0.700. The number of ether oxygens (including phenoxy) is 1. The zero-order valence-electron chi connectivity index (χ0n) is 10.6. The van der Waals surface area contributed by atoms with Gasteiger partial charge in [-0.15, -0.1) is 0 Å². The predicted molar refractivity (Wildman–Crippen MR) is 67.6 cm³/mol. The fourth-order valence-electron chi connectivity index (χ4n) is 1.35. The van der Waals surface area contributed by atoms with Crippen LogP contribution in [0.4, 0.5) is 5.95 Å². The molecule has 1 atom stereocenters. The third-order valence-corrected chi connectivity index (χ3v) is 2.02. The third kappa shape index (κ3) is 5.14. The molecule has 0 aliphatic carbocycles. The molecule has 0 spiro atoms. The Balaban J connectivity index is 2.69. The second-order valence-electron chi connectivity index (χ2n) is 3.93. The molecule has 1 heterocycles. The van der Waals surface area contributed by atoms with E-state index in [4.69, 9.17) is 16.3 Å². The predicted octanol–water partition coefficient (Wildman–Crippen LogP) is 1.29. The summed E-state index contributed by atoms with van der Waals surface area (Å²) >= 11 is 5.78. The van der Waals surface area contributed by atoms with Gasteiger partial charge in [0.25, 0.3) is 0 Å². The zero-order chi connectivity index (χ0) is 12.8. The first-order valence-corrected chi connectivity index (χ1v) is 5.86. The molecule has 0 saturated heterocycles. The molecule has 0 aliphatic rings. The van der Waals surface area contributed by atoms with Crippen LogP contribution >= 0.6 is 11.6 Å². The number of nitrogens with zero attached hydrogens (tertiary/aromatic N) is 4. The number of aromatic nitrogens is 3. The molecule has 1 aromatic rings. The highest BCUT2D eigenvalue weighted by Gasteiger charge is 2.10. The van der Waals surface area contributed by atoms with E-state index in [0.717, 1.165) is 6.54 Å². The maximum absolute atomic E-state index is 5.78. The molecule has 0 amide bonds. The van der Waals surface area contributed by atoms with Gasteiger partial charge in [-0.1, -0.05) is 0 Å². The van der Waals surface area contributed by atoms with Crippen LogP contribution in [0.1, 0.15) is 13.8 Å². The van der Waals surface area contributed by atoms with Crippen LogP contribution in [0.25, 0.3) is 0 Å². The lowest BCUT2D eigenvalue weighted by Crippen LogP contribution is -2.28. The number of hydrogen-bond acceptors (Lipinski definition) is 6. The monoisotopic (exact) mass is 259 g/mol. The summed E-state index contributed by atoms with van der Waals surface area (Å²) in [5, 5.41) is 3.09. The van der Waals surface area contributed by atoms with Crippen molar-refractivity contribution in [2.75, 3.05) is 32.5 Å². The minimum atomic E-state index is -0.0158. The van der Waals surface area contributed by atoms with Crippen molar-refractivity contribution in [3.63, 3.8) is 0 Å². The molecule has 0 radical (unpaired) electrons. The van der Waals surface area contributed by atoms with E-state index in [0.29, 0.717) is 12.5 Å². The van der Waals surface area contributed by atoms with Crippen LogP contribution < -0.4 is 10.1 Å². The summed E-state index contributed by atoms with van der Waals surface area (Å²) in [7, 11) is 3.95. The number of rotatable bonds is 6. The van der Waals surface area contributed by atoms with Crippen LogP contribution in [-0.2, 0) is 0 Å². The van der Waals surface area contributed by atoms with Gasteiger partial charge >= 0.3 is 6.01 Å². The van der Waals surface area contributed by atoms with Gasteiger partial charge in [0.1, 0.15) is 6.10 Å². The highest BCUT2D eigenvalue weighted by atomic mass is 35.5. The van der Waals surface area contributed by atoms with Gasteiger partial charge in [0.05, 0.1) is 0 Å². The molecular weight excluding hydrogens is 242 g/mol. The summed E-state index contributed by atoms with van der Waals surface area (Å²) in [6.45, 7) is 5.39. The van der Waals surface area contributed by atoms with E-state index in [-0.39, 0.29) is 17.4 Å². The summed E-state index contributed by atoms with van der Waals surface area (Å²) in [5.41, 5.74) is 0. The molecule has 0 fully saturated rings. The van der Waals surface area contributed by atoms with Crippen LogP contribution in [0.2, 0.25) is 5.28 Å². The summed E-state index contributed by atoms with van der Waals surface area (Å²) in [6, 6.07) is 0.246. The van der Waals surface area contributed by atoms with Crippen LogP contribution in [0, 0.1) is 0 Å². The quantitative estimate of drug-likeness (QED) is 0.831. The summed E-state index contributed by atoms with van der Waals surface area (Å²) < 4.78 is 5.56. The first-order valence-electron chi connectivity index (χ1n) is 5.48. The number of halogens is 1. The lowest BCUT2D eigenvalue weighted by atomic mass is 10.4. The Labute approximate surface area is 106 Å². The SMILES string of the molecule is CCNc1nc(Cl)nc(OC(C)CN(C)C)n1. The molecule has 1 unspecified atom stereocenters. The van der Waals surface area contributed by atoms with E-state index in [9.17, 15) is 0 Å². The van der Waals surface area contributed by atoms with Crippen LogP contribution in [0.15, 0.2) is 0 Å². The number of hydrogen-bond donors (Lipinski definition) is 1. The van der Waals surface area contributed by atoms with Crippen molar-refractivity contribution in [1.82, 2.24) is 19.9 Å². The molecule has 96 valence electrons. The fourth-order valence-corrected chi connectivity index (χ4v) is 1.51. The molecule has 17 heavy (non-hydrogen) atoms. The van der Waals surface area contributed by atoms with Gasteiger partial charge in [-0.3, -0.25) is 0 Å². The van der Waals surface area contributed by atoms with Crippen molar-refractivity contribution in [3.8, 4) is 6.01 Å². The Bertz CT molecular complexity index is 361. The Morgan fingerprint density at radius 2 is 2.06 bits per heavy atom. The van der Waals surface area contributed by atoms with Crippen LogP contribution in [0.5, 0.6) is 6.01 Å². The van der Waals surface area contributed by atoms with Crippen molar-refractivity contribution in [2.24, 2.45) is 0 Å².